The summed E-state index contributed by atoms with van der Waals surface area (Å²) >= 11 is 5.95. The van der Waals surface area contributed by atoms with Crippen molar-refractivity contribution in [2.24, 2.45) is 5.92 Å². The number of benzene rings is 1. The van der Waals surface area contributed by atoms with Crippen LogP contribution < -0.4 is 4.72 Å². The van der Waals surface area contributed by atoms with Crippen molar-refractivity contribution in [2.45, 2.75) is 12.8 Å². The number of rotatable bonds is 4. The van der Waals surface area contributed by atoms with Crippen molar-refractivity contribution in [1.82, 2.24) is 9.62 Å². The normalized spacial score (nSPS) is 18.9. The van der Waals surface area contributed by atoms with E-state index in [9.17, 15) is 13.2 Å². The van der Waals surface area contributed by atoms with Crippen LogP contribution in [0.15, 0.2) is 28.7 Å². The van der Waals surface area contributed by atoms with Gasteiger partial charge in [-0.15, -0.1) is 0 Å². The number of nitrogens with one attached hydrogen (secondary N) is 1. The highest BCUT2D eigenvalue weighted by molar-refractivity contribution is 7.88. The largest absolute Gasteiger partial charge is 0.451 e. The third-order valence-electron chi connectivity index (χ3n) is 4.13. The quantitative estimate of drug-likeness (QED) is 0.896. The second-order valence-corrected chi connectivity index (χ2v) is 8.44. The molecule has 24 heavy (non-hydrogen) atoms. The Morgan fingerprint density at radius 3 is 2.96 bits per heavy atom. The van der Waals surface area contributed by atoms with E-state index in [4.69, 9.17) is 16.0 Å². The molecule has 1 aromatic heterocycles. The van der Waals surface area contributed by atoms with Crippen LogP contribution in [0.3, 0.4) is 0 Å². The highest BCUT2D eigenvalue weighted by Crippen LogP contribution is 2.25. The van der Waals surface area contributed by atoms with Gasteiger partial charge < -0.3 is 9.32 Å². The molecule has 3 rings (SSSR count). The molecule has 6 nitrogen and oxygen atoms in total. The smallest absolute Gasteiger partial charge is 0.289 e. The third-order valence-corrected chi connectivity index (χ3v) is 5.06. The molecule has 0 bridgehead atoms. The molecule has 0 aliphatic carbocycles. The number of nitrogens with zero attached hydrogens (tertiary/aromatic N) is 1. The Morgan fingerprint density at radius 2 is 2.21 bits per heavy atom. The number of carbonyl (C=O) groups excluding carboxylic acids is 1. The average Bonchev–Trinajstić information content (AvgIpc) is 2.95. The van der Waals surface area contributed by atoms with Crippen molar-refractivity contribution in [3.05, 3.63) is 35.0 Å². The Kier molecular flexibility index (Phi) is 4.85. The van der Waals surface area contributed by atoms with Gasteiger partial charge in [0, 0.05) is 30.0 Å². The second kappa shape index (κ2) is 6.74. The second-order valence-electron chi connectivity index (χ2n) is 6.17. The zero-order valence-corrected chi connectivity index (χ0v) is 14.9. The standard InChI is InChI=1S/C16H19ClN2O4S/c1-24(21,22)18-9-11-3-2-6-19(10-11)16(20)15-8-12-7-13(17)4-5-14(12)23-15/h4-5,7-8,11,18H,2-3,6,9-10H2,1H3. The van der Waals surface area contributed by atoms with Crippen molar-refractivity contribution >= 4 is 38.5 Å². The molecule has 1 amide bonds. The number of furan rings is 1. The fourth-order valence-corrected chi connectivity index (χ4v) is 3.68. The van der Waals surface area contributed by atoms with Gasteiger partial charge in [0.05, 0.1) is 6.26 Å². The molecule has 1 saturated heterocycles. The molecular weight excluding hydrogens is 352 g/mol. The SMILES string of the molecule is CS(=O)(=O)NCC1CCCN(C(=O)c2cc3cc(Cl)ccc3o2)C1. The highest BCUT2D eigenvalue weighted by atomic mass is 35.5. The van der Waals surface area contributed by atoms with Gasteiger partial charge >= 0.3 is 0 Å². The molecule has 2 heterocycles. The summed E-state index contributed by atoms with van der Waals surface area (Å²) in [4.78, 5) is 14.4. The maximum absolute atomic E-state index is 12.7. The number of sulfonamides is 1. The molecule has 1 aliphatic rings. The molecule has 0 saturated carbocycles. The van der Waals surface area contributed by atoms with E-state index in [0.29, 0.717) is 30.2 Å². The number of likely N-dealkylation sites (tertiary alicyclic amines) is 1. The lowest BCUT2D eigenvalue weighted by atomic mass is 9.98. The van der Waals surface area contributed by atoms with E-state index in [-0.39, 0.29) is 17.6 Å². The van der Waals surface area contributed by atoms with E-state index >= 15 is 0 Å². The molecule has 1 unspecified atom stereocenters. The van der Waals surface area contributed by atoms with Crippen molar-refractivity contribution in [2.75, 3.05) is 25.9 Å². The lowest BCUT2D eigenvalue weighted by Gasteiger charge is -2.32. The van der Waals surface area contributed by atoms with Gasteiger partial charge in [-0.3, -0.25) is 4.79 Å². The molecule has 0 spiro atoms. The van der Waals surface area contributed by atoms with Crippen molar-refractivity contribution in [1.29, 1.82) is 0 Å². The number of carbonyl (C=O) groups is 1. The molecule has 1 aliphatic heterocycles. The van der Waals surface area contributed by atoms with Crippen molar-refractivity contribution < 1.29 is 17.6 Å². The summed E-state index contributed by atoms with van der Waals surface area (Å²) in [5.41, 5.74) is 0.620. The van der Waals surface area contributed by atoms with Crippen LogP contribution in [0.2, 0.25) is 5.02 Å². The Balaban J connectivity index is 1.71. The number of fused-ring (bicyclic) bond motifs is 1. The van der Waals surface area contributed by atoms with Gasteiger partial charge in [0.15, 0.2) is 5.76 Å². The number of piperidine rings is 1. The van der Waals surface area contributed by atoms with Gasteiger partial charge in [-0.25, -0.2) is 13.1 Å². The topological polar surface area (TPSA) is 79.6 Å². The Labute approximate surface area is 145 Å². The van der Waals surface area contributed by atoms with E-state index in [2.05, 4.69) is 4.72 Å². The molecule has 1 atom stereocenters. The maximum atomic E-state index is 12.7. The first kappa shape index (κ1) is 17.3. The summed E-state index contributed by atoms with van der Waals surface area (Å²) in [7, 11) is -3.22. The van der Waals surface area contributed by atoms with Crippen LogP contribution in [0.5, 0.6) is 0 Å². The maximum Gasteiger partial charge on any atom is 0.289 e. The van der Waals surface area contributed by atoms with Crippen molar-refractivity contribution in [3.8, 4) is 0 Å². The van der Waals surface area contributed by atoms with Crippen LogP contribution in [0.4, 0.5) is 0 Å². The molecule has 1 fully saturated rings. The van der Waals surface area contributed by atoms with Crippen molar-refractivity contribution in [3.63, 3.8) is 0 Å². The highest BCUT2D eigenvalue weighted by Gasteiger charge is 2.27. The first-order chi connectivity index (χ1) is 11.3. The monoisotopic (exact) mass is 370 g/mol. The number of hydrogen-bond donors (Lipinski definition) is 1. The fraction of sp³-hybridized carbons (Fsp3) is 0.438. The summed E-state index contributed by atoms with van der Waals surface area (Å²) in [6.45, 7) is 1.50. The Morgan fingerprint density at radius 1 is 1.42 bits per heavy atom. The number of halogens is 1. The van der Waals surface area contributed by atoms with E-state index in [1.165, 1.54) is 0 Å². The van der Waals surface area contributed by atoms with Gasteiger partial charge in [0.1, 0.15) is 5.58 Å². The molecule has 1 aromatic carbocycles. The summed E-state index contributed by atoms with van der Waals surface area (Å²) in [6.07, 6.45) is 2.87. The first-order valence-electron chi connectivity index (χ1n) is 7.75. The minimum atomic E-state index is -3.22. The number of amides is 1. The van der Waals surface area contributed by atoms with E-state index < -0.39 is 10.0 Å². The minimum absolute atomic E-state index is 0.108. The summed E-state index contributed by atoms with van der Waals surface area (Å²) in [5, 5.41) is 1.38. The lowest BCUT2D eigenvalue weighted by Crippen LogP contribution is -2.43. The predicted octanol–water partition coefficient (Wildman–Crippen LogP) is 2.49. The van der Waals surface area contributed by atoms with Gasteiger partial charge in [-0.05, 0) is 43.0 Å². The van der Waals surface area contributed by atoms with Crippen LogP contribution in [-0.2, 0) is 10.0 Å². The molecule has 2 aromatic rings. The van der Waals surface area contributed by atoms with E-state index in [0.717, 1.165) is 24.5 Å². The van der Waals surface area contributed by atoms with Gasteiger partial charge in [0.2, 0.25) is 10.0 Å². The third kappa shape index (κ3) is 4.09. The summed E-state index contributed by atoms with van der Waals surface area (Å²) < 4.78 is 30.6. The van der Waals surface area contributed by atoms with Crippen LogP contribution in [-0.4, -0.2) is 45.1 Å². The van der Waals surface area contributed by atoms with Crippen LogP contribution in [0.1, 0.15) is 23.4 Å². The summed E-state index contributed by atoms with van der Waals surface area (Å²) in [6, 6.07) is 6.91. The van der Waals surface area contributed by atoms with Crippen LogP contribution >= 0.6 is 11.6 Å². The molecule has 8 heteroatoms. The van der Waals surface area contributed by atoms with Gasteiger partial charge in [-0.1, -0.05) is 11.6 Å². The first-order valence-corrected chi connectivity index (χ1v) is 10.0. The van der Waals surface area contributed by atoms with E-state index in [1.54, 1.807) is 29.2 Å². The molecule has 0 radical (unpaired) electrons. The van der Waals surface area contributed by atoms with Gasteiger partial charge in [0.25, 0.3) is 5.91 Å². The zero-order chi connectivity index (χ0) is 17.3. The van der Waals surface area contributed by atoms with E-state index in [1.807, 2.05) is 0 Å². The molecular formula is C16H19ClN2O4S. The predicted molar refractivity (Wildman–Crippen MR) is 92.7 cm³/mol. The Hall–Kier alpha value is -1.57. The van der Waals surface area contributed by atoms with Gasteiger partial charge in [-0.2, -0.15) is 0 Å². The fourth-order valence-electron chi connectivity index (χ4n) is 2.96. The molecule has 1 N–H and O–H groups in total. The van der Waals surface area contributed by atoms with Crippen LogP contribution in [0, 0.1) is 5.92 Å². The minimum Gasteiger partial charge on any atom is -0.451 e. The zero-order valence-electron chi connectivity index (χ0n) is 13.3. The lowest BCUT2D eigenvalue weighted by molar-refractivity contribution is 0.0646. The van der Waals surface area contributed by atoms with Crippen LogP contribution in [0.25, 0.3) is 11.0 Å². The average molecular weight is 371 g/mol. The number of hydrogen-bond acceptors (Lipinski definition) is 4. The Bertz CT molecular complexity index is 862. The summed E-state index contributed by atoms with van der Waals surface area (Å²) in [5.74, 6) is 0.214. The molecule has 130 valence electrons.